The topological polar surface area (TPSA) is 51.8 Å². The molecule has 0 amide bonds. The molecule has 0 aliphatic carbocycles. The van der Waals surface area contributed by atoms with E-state index in [2.05, 4.69) is 9.97 Å². The second-order valence-electron chi connectivity index (χ2n) is 1.38. The SMILES string of the molecule is N[13c]1[13cH][13c](Cl)n[13c](Cl)n1. The van der Waals surface area contributed by atoms with Crippen LogP contribution in [-0.2, 0) is 0 Å². The highest BCUT2D eigenvalue weighted by molar-refractivity contribution is 6.32. The Balaban J connectivity index is 3.17. The molecule has 1 heterocycles. The molecule has 0 aliphatic rings. The summed E-state index contributed by atoms with van der Waals surface area (Å²) in [4.78, 5) is 7.16. The van der Waals surface area contributed by atoms with Gasteiger partial charge in [0.05, 0.1) is 0 Å². The van der Waals surface area contributed by atoms with Crippen LogP contribution in [0.1, 0.15) is 0 Å². The van der Waals surface area contributed by atoms with Crippen LogP contribution in [0.3, 0.4) is 0 Å². The van der Waals surface area contributed by atoms with Gasteiger partial charge >= 0.3 is 0 Å². The second-order valence-corrected chi connectivity index (χ2v) is 2.11. The van der Waals surface area contributed by atoms with Crippen LogP contribution in [0.5, 0.6) is 0 Å². The molecule has 0 atom stereocenters. The van der Waals surface area contributed by atoms with Gasteiger partial charge in [0.15, 0.2) is 0 Å². The molecule has 0 fully saturated rings. The molecule has 1 rings (SSSR count). The van der Waals surface area contributed by atoms with E-state index in [0.717, 1.165) is 0 Å². The van der Waals surface area contributed by atoms with Crippen molar-refractivity contribution in [2.75, 3.05) is 5.73 Å². The van der Waals surface area contributed by atoms with Gasteiger partial charge in [-0.1, -0.05) is 11.6 Å². The fourth-order valence-corrected chi connectivity index (χ4v) is 0.830. The minimum Gasteiger partial charge on any atom is -0.384 e. The van der Waals surface area contributed by atoms with Gasteiger partial charge in [-0.3, -0.25) is 0 Å². The molecular formula is C4H3Cl2N3. The molecule has 9 heavy (non-hydrogen) atoms. The van der Waals surface area contributed by atoms with E-state index < -0.39 is 0 Å². The van der Waals surface area contributed by atoms with Crippen molar-refractivity contribution in [2.24, 2.45) is 0 Å². The Kier molecular flexibility index (Phi) is 1.73. The van der Waals surface area contributed by atoms with Gasteiger partial charge in [-0.25, -0.2) is 9.97 Å². The van der Waals surface area contributed by atoms with Crippen molar-refractivity contribution in [3.05, 3.63) is 16.5 Å². The highest BCUT2D eigenvalue weighted by atomic mass is 35.5. The zero-order chi connectivity index (χ0) is 6.85. The van der Waals surface area contributed by atoms with E-state index >= 15 is 0 Å². The largest absolute Gasteiger partial charge is 0.384 e. The van der Waals surface area contributed by atoms with E-state index in [1.54, 1.807) is 0 Å². The van der Waals surface area contributed by atoms with Crippen molar-refractivity contribution in [1.29, 1.82) is 0 Å². The number of halogens is 2. The van der Waals surface area contributed by atoms with Gasteiger partial charge in [-0.15, -0.1) is 0 Å². The molecule has 0 unspecified atom stereocenters. The van der Waals surface area contributed by atoms with Crippen LogP contribution >= 0.6 is 23.2 Å². The molecule has 5 heteroatoms. The van der Waals surface area contributed by atoms with Crippen molar-refractivity contribution in [1.82, 2.24) is 9.97 Å². The van der Waals surface area contributed by atoms with Crippen LogP contribution < -0.4 is 5.73 Å². The van der Waals surface area contributed by atoms with E-state index in [4.69, 9.17) is 28.9 Å². The van der Waals surface area contributed by atoms with Crippen LogP contribution in [0.4, 0.5) is 5.82 Å². The molecule has 0 saturated heterocycles. The molecule has 1 aromatic heterocycles. The summed E-state index contributed by atoms with van der Waals surface area (Å²) < 4.78 is 0. The maximum absolute atomic E-state index is 5.43. The second kappa shape index (κ2) is 2.37. The van der Waals surface area contributed by atoms with Crippen LogP contribution in [0.15, 0.2) is 6.07 Å². The Bertz CT molecular complexity index is 175. The van der Waals surface area contributed by atoms with Gasteiger partial charge in [0, 0.05) is 6.07 Å². The zero-order valence-electron chi connectivity index (χ0n) is 4.31. The Hall–Kier alpha value is -0.540. The van der Waals surface area contributed by atoms with E-state index in [-0.39, 0.29) is 16.3 Å². The van der Waals surface area contributed by atoms with Crippen molar-refractivity contribution in [3.63, 3.8) is 0 Å². The number of aromatic nitrogens is 2. The first-order chi connectivity index (χ1) is 4.18. The van der Waals surface area contributed by atoms with Gasteiger partial charge in [-0.05, 0) is 11.6 Å². The first kappa shape index (κ1) is 6.58. The average Bonchev–Trinajstić information content (AvgIpc) is 1.59. The number of nitrogens with two attached hydrogens (primary N) is 1. The fraction of sp³-hybridized carbons (Fsp3) is 0. The lowest BCUT2D eigenvalue weighted by atomic mass is 11.5. The summed E-state index contributed by atoms with van der Waals surface area (Å²) in [5.74, 6) is 0.278. The summed E-state index contributed by atoms with van der Waals surface area (Å²) in [7, 11) is 0. The molecule has 3 nitrogen and oxygen atoms in total. The molecule has 0 radical (unpaired) electrons. The lowest BCUT2D eigenvalue weighted by Crippen LogP contribution is -1.91. The van der Waals surface area contributed by atoms with Gasteiger partial charge in [0.1, 0.15) is 11.0 Å². The van der Waals surface area contributed by atoms with Gasteiger partial charge < -0.3 is 5.73 Å². The number of hydrogen-bond acceptors (Lipinski definition) is 3. The third kappa shape index (κ3) is 1.69. The molecule has 0 spiro atoms. The Morgan fingerprint density at radius 2 is 2.00 bits per heavy atom. The first-order valence-electron chi connectivity index (χ1n) is 2.14. The summed E-state index contributed by atoms with van der Waals surface area (Å²) >= 11 is 10.8. The average molecular weight is 168 g/mol. The maximum atomic E-state index is 5.43. The van der Waals surface area contributed by atoms with E-state index in [0.29, 0.717) is 0 Å². The third-order valence-electron chi connectivity index (χ3n) is 0.687. The molecule has 0 bridgehead atoms. The van der Waals surface area contributed by atoms with Crippen molar-refractivity contribution in [3.8, 4) is 0 Å². The molecule has 0 aliphatic heterocycles. The predicted molar refractivity (Wildman–Crippen MR) is 36.5 cm³/mol. The maximum Gasteiger partial charge on any atom is 0.225 e. The number of nitrogens with zero attached hydrogens (tertiary/aromatic N) is 2. The fourth-order valence-electron chi connectivity index (χ4n) is 0.406. The lowest BCUT2D eigenvalue weighted by molar-refractivity contribution is 1.18. The summed E-state index contributed by atoms with van der Waals surface area (Å²) in [6.07, 6.45) is 0. The predicted octanol–water partition coefficient (Wildman–Crippen LogP) is 1.37. The van der Waals surface area contributed by atoms with E-state index in [1.165, 1.54) is 6.07 Å². The molecular weight excluding hydrogens is 165 g/mol. The highest BCUT2D eigenvalue weighted by Gasteiger charge is 1.94. The minimum atomic E-state index is 0.0694. The lowest BCUT2D eigenvalue weighted by Gasteiger charge is -1.91. The van der Waals surface area contributed by atoms with Crippen LogP contribution in [0.25, 0.3) is 0 Å². The van der Waals surface area contributed by atoms with Gasteiger partial charge in [0.25, 0.3) is 0 Å². The molecule has 2 N–H and O–H groups in total. The van der Waals surface area contributed by atoms with Crippen molar-refractivity contribution < 1.29 is 0 Å². The van der Waals surface area contributed by atoms with E-state index in [1.807, 2.05) is 0 Å². The summed E-state index contributed by atoms with van der Waals surface area (Å²) in [6, 6.07) is 1.42. The summed E-state index contributed by atoms with van der Waals surface area (Å²) in [5.41, 5.74) is 5.24. The molecule has 0 aromatic carbocycles. The first-order valence-corrected chi connectivity index (χ1v) is 2.89. The monoisotopic (exact) mass is 167 g/mol. The zero-order valence-corrected chi connectivity index (χ0v) is 5.82. The highest BCUT2D eigenvalue weighted by Crippen LogP contribution is 2.10. The van der Waals surface area contributed by atoms with Crippen molar-refractivity contribution >= 4 is 29.0 Å². The Morgan fingerprint density at radius 1 is 1.33 bits per heavy atom. The minimum absolute atomic E-state index is 0.0694. The quantitative estimate of drug-likeness (QED) is 0.470. The summed E-state index contributed by atoms with van der Waals surface area (Å²) in [6.45, 7) is 0. The Labute approximate surface area is 61.8 Å². The summed E-state index contributed by atoms with van der Waals surface area (Å²) in [5, 5.41) is 0.326. The Morgan fingerprint density at radius 3 is 2.44 bits per heavy atom. The molecule has 1 aromatic rings. The van der Waals surface area contributed by atoms with Gasteiger partial charge in [0.2, 0.25) is 5.28 Å². The standard InChI is InChI=1S/C4H3Cl2N3/c5-2-1-3(7)9-4(6)8-2/h1H,(H2,7,8,9)/i1+1,2+1,3+1,4+1. The van der Waals surface area contributed by atoms with Crippen molar-refractivity contribution in [2.45, 2.75) is 0 Å². The molecule has 0 saturated carbocycles. The van der Waals surface area contributed by atoms with Crippen LogP contribution in [0.2, 0.25) is 10.4 Å². The number of rotatable bonds is 0. The van der Waals surface area contributed by atoms with Crippen LogP contribution in [-0.4, -0.2) is 9.97 Å². The molecule has 48 valence electrons. The number of hydrogen-bond donors (Lipinski definition) is 1. The smallest absolute Gasteiger partial charge is 0.225 e. The third-order valence-corrected chi connectivity index (χ3v) is 1.05. The van der Waals surface area contributed by atoms with Crippen LogP contribution in [0, 0.1) is 0 Å². The number of nitrogen functional groups attached to an aromatic ring is 1. The number of anilines is 1. The van der Waals surface area contributed by atoms with E-state index in [9.17, 15) is 0 Å². The van der Waals surface area contributed by atoms with Gasteiger partial charge in [-0.2, -0.15) is 0 Å². The normalized spacial score (nSPS) is 9.56.